The van der Waals surface area contributed by atoms with Crippen molar-refractivity contribution < 1.29 is 13.9 Å². The predicted molar refractivity (Wildman–Crippen MR) is 55.8 cm³/mol. The maximum atomic E-state index is 11.2. The summed E-state index contributed by atoms with van der Waals surface area (Å²) >= 11 is 0. The summed E-state index contributed by atoms with van der Waals surface area (Å²) in [6.45, 7) is 0.433. The van der Waals surface area contributed by atoms with E-state index in [2.05, 4.69) is 9.72 Å². The minimum Gasteiger partial charge on any atom is -0.467 e. The van der Waals surface area contributed by atoms with E-state index in [1.807, 2.05) is 6.07 Å². The number of ether oxygens (including phenoxy) is 1. The number of nitrogens with zero attached hydrogens (tertiary/aromatic N) is 2. The number of rotatable bonds is 3. The molecular weight excluding hydrogens is 210 g/mol. The van der Waals surface area contributed by atoms with Crippen molar-refractivity contribution in [2.24, 2.45) is 0 Å². The zero-order valence-electron chi connectivity index (χ0n) is 8.71. The third kappa shape index (κ3) is 1.77. The summed E-state index contributed by atoms with van der Waals surface area (Å²) in [4.78, 5) is 15.1. The van der Waals surface area contributed by atoms with Crippen LogP contribution in [-0.4, -0.2) is 22.6 Å². The van der Waals surface area contributed by atoms with Gasteiger partial charge in [0.1, 0.15) is 11.6 Å². The Bertz CT molecular complexity index is 487. The molecule has 16 heavy (non-hydrogen) atoms. The zero-order chi connectivity index (χ0) is 11.5. The second kappa shape index (κ2) is 4.09. The van der Waals surface area contributed by atoms with Gasteiger partial charge in [-0.25, -0.2) is 9.78 Å². The minimum atomic E-state index is -0.546. The van der Waals surface area contributed by atoms with Crippen molar-refractivity contribution in [1.82, 2.24) is 9.55 Å². The molecule has 0 aliphatic heterocycles. The highest BCUT2D eigenvalue weighted by molar-refractivity contribution is 5.92. The molecule has 2 N–H and O–H groups in total. The molecule has 0 fully saturated rings. The fourth-order valence-electron chi connectivity index (χ4n) is 1.34. The van der Waals surface area contributed by atoms with Crippen LogP contribution in [0, 0.1) is 0 Å². The number of nitrogens with two attached hydrogens (primary N) is 1. The quantitative estimate of drug-likeness (QED) is 0.778. The molecule has 0 aliphatic carbocycles. The number of esters is 1. The fourth-order valence-corrected chi connectivity index (χ4v) is 1.34. The molecule has 2 rings (SSSR count). The first-order chi connectivity index (χ1) is 7.72. The van der Waals surface area contributed by atoms with Gasteiger partial charge in [0.15, 0.2) is 5.69 Å². The molecule has 2 heterocycles. The Morgan fingerprint density at radius 1 is 1.69 bits per heavy atom. The van der Waals surface area contributed by atoms with Crippen LogP contribution in [0.25, 0.3) is 0 Å². The molecule has 6 heteroatoms. The molecule has 2 aromatic rings. The van der Waals surface area contributed by atoms with Gasteiger partial charge < -0.3 is 19.5 Å². The number of aromatic nitrogens is 2. The van der Waals surface area contributed by atoms with Crippen LogP contribution in [0.15, 0.2) is 29.1 Å². The molecule has 2 aromatic heterocycles. The summed E-state index contributed by atoms with van der Waals surface area (Å²) in [5.41, 5.74) is 5.87. The monoisotopic (exact) mass is 221 g/mol. The van der Waals surface area contributed by atoms with Crippen LogP contribution in [-0.2, 0) is 11.3 Å². The molecule has 0 amide bonds. The summed E-state index contributed by atoms with van der Waals surface area (Å²) < 4.78 is 11.3. The van der Waals surface area contributed by atoms with Gasteiger partial charge in [0.2, 0.25) is 0 Å². The number of methoxy groups -OCH3 is 1. The lowest BCUT2D eigenvalue weighted by Crippen LogP contribution is -2.08. The lowest BCUT2D eigenvalue weighted by Gasteiger charge is -2.02. The predicted octanol–water partition coefficient (Wildman–Crippen LogP) is 0.893. The molecule has 84 valence electrons. The van der Waals surface area contributed by atoms with Gasteiger partial charge in [-0.15, -0.1) is 0 Å². The van der Waals surface area contributed by atoms with Crippen LogP contribution in [0.3, 0.4) is 0 Å². The van der Waals surface area contributed by atoms with Gasteiger partial charge in [0, 0.05) is 0 Å². The van der Waals surface area contributed by atoms with Gasteiger partial charge in [-0.05, 0) is 12.1 Å². The smallest absolute Gasteiger partial charge is 0.360 e. The Labute approximate surface area is 91.6 Å². The lowest BCUT2D eigenvalue weighted by molar-refractivity contribution is 0.0596. The fraction of sp³-hybridized carbons (Fsp3) is 0.200. The molecule has 0 spiro atoms. The third-order valence-electron chi connectivity index (χ3n) is 2.16. The molecule has 0 bridgehead atoms. The number of carbonyl (C=O) groups excluding carboxylic acids is 1. The van der Waals surface area contributed by atoms with E-state index in [0.717, 1.165) is 5.76 Å². The standard InChI is InChI=1S/C10H11N3O3/c1-15-10(14)8-9(11)13(6-12-8)5-7-3-2-4-16-7/h2-4,6H,5,11H2,1H3. The van der Waals surface area contributed by atoms with E-state index in [9.17, 15) is 4.79 Å². The van der Waals surface area contributed by atoms with Crippen LogP contribution in [0.5, 0.6) is 0 Å². The Balaban J connectivity index is 2.23. The van der Waals surface area contributed by atoms with E-state index in [-0.39, 0.29) is 11.5 Å². The van der Waals surface area contributed by atoms with Gasteiger partial charge in [0.25, 0.3) is 0 Å². The van der Waals surface area contributed by atoms with E-state index in [1.165, 1.54) is 13.4 Å². The molecule has 0 atom stereocenters. The first-order valence-electron chi connectivity index (χ1n) is 4.63. The van der Waals surface area contributed by atoms with Crippen molar-refractivity contribution >= 4 is 11.8 Å². The summed E-state index contributed by atoms with van der Waals surface area (Å²) in [5.74, 6) is 0.458. The van der Waals surface area contributed by atoms with E-state index < -0.39 is 5.97 Å². The highest BCUT2D eigenvalue weighted by Crippen LogP contribution is 2.13. The van der Waals surface area contributed by atoms with Crippen molar-refractivity contribution in [1.29, 1.82) is 0 Å². The first kappa shape index (κ1) is 10.3. The summed E-state index contributed by atoms with van der Waals surface area (Å²) in [7, 11) is 1.29. The topological polar surface area (TPSA) is 83.3 Å². The van der Waals surface area contributed by atoms with Crippen molar-refractivity contribution in [3.8, 4) is 0 Å². The number of furan rings is 1. The molecule has 0 saturated heterocycles. The molecule has 0 aliphatic rings. The number of carbonyl (C=O) groups is 1. The number of hydrogen-bond acceptors (Lipinski definition) is 5. The Morgan fingerprint density at radius 2 is 2.50 bits per heavy atom. The van der Waals surface area contributed by atoms with Crippen molar-refractivity contribution in [2.75, 3.05) is 12.8 Å². The lowest BCUT2D eigenvalue weighted by atomic mass is 10.4. The second-order valence-electron chi connectivity index (χ2n) is 3.18. The molecule has 0 radical (unpaired) electrons. The van der Waals surface area contributed by atoms with Crippen LogP contribution >= 0.6 is 0 Å². The van der Waals surface area contributed by atoms with Crippen molar-refractivity contribution in [2.45, 2.75) is 6.54 Å². The van der Waals surface area contributed by atoms with E-state index >= 15 is 0 Å². The maximum Gasteiger partial charge on any atom is 0.360 e. The summed E-state index contributed by atoms with van der Waals surface area (Å²) in [6, 6.07) is 3.60. The van der Waals surface area contributed by atoms with E-state index in [4.69, 9.17) is 10.2 Å². The highest BCUT2D eigenvalue weighted by Gasteiger charge is 2.16. The number of nitrogen functional groups attached to an aromatic ring is 1. The van der Waals surface area contributed by atoms with Gasteiger partial charge in [-0.3, -0.25) is 0 Å². The van der Waals surface area contributed by atoms with E-state index in [0.29, 0.717) is 6.54 Å². The van der Waals surface area contributed by atoms with Crippen LogP contribution in [0.1, 0.15) is 16.2 Å². The summed E-state index contributed by atoms with van der Waals surface area (Å²) in [6.07, 6.45) is 3.05. The van der Waals surface area contributed by atoms with Crippen LogP contribution in [0.4, 0.5) is 5.82 Å². The SMILES string of the molecule is COC(=O)c1ncn(Cc2ccco2)c1N. The number of anilines is 1. The number of hydrogen-bond donors (Lipinski definition) is 1. The molecule has 0 saturated carbocycles. The van der Waals surface area contributed by atoms with Crippen molar-refractivity contribution in [3.05, 3.63) is 36.2 Å². The number of imidazole rings is 1. The first-order valence-corrected chi connectivity index (χ1v) is 4.63. The molecule has 0 unspecified atom stereocenters. The van der Waals surface area contributed by atoms with Crippen LogP contribution in [0.2, 0.25) is 0 Å². The molecule has 6 nitrogen and oxygen atoms in total. The normalized spacial score (nSPS) is 10.3. The van der Waals surface area contributed by atoms with Gasteiger partial charge in [0.05, 0.1) is 26.2 Å². The van der Waals surface area contributed by atoms with Crippen molar-refractivity contribution in [3.63, 3.8) is 0 Å². The van der Waals surface area contributed by atoms with E-state index in [1.54, 1.807) is 16.9 Å². The Kier molecular flexibility index (Phi) is 2.63. The summed E-state index contributed by atoms with van der Waals surface area (Å²) in [5, 5.41) is 0. The average molecular weight is 221 g/mol. The van der Waals surface area contributed by atoms with Gasteiger partial charge in [-0.1, -0.05) is 0 Å². The third-order valence-corrected chi connectivity index (χ3v) is 2.16. The maximum absolute atomic E-state index is 11.2. The van der Waals surface area contributed by atoms with Gasteiger partial charge >= 0.3 is 5.97 Å². The van der Waals surface area contributed by atoms with Gasteiger partial charge in [-0.2, -0.15) is 0 Å². The Hall–Kier alpha value is -2.24. The molecule has 0 aromatic carbocycles. The zero-order valence-corrected chi connectivity index (χ0v) is 8.71. The highest BCUT2D eigenvalue weighted by atomic mass is 16.5. The Morgan fingerprint density at radius 3 is 3.12 bits per heavy atom. The van der Waals surface area contributed by atoms with Crippen LogP contribution < -0.4 is 5.73 Å². The molecular formula is C10H11N3O3. The second-order valence-corrected chi connectivity index (χ2v) is 3.18. The minimum absolute atomic E-state index is 0.119. The largest absolute Gasteiger partial charge is 0.467 e. The average Bonchev–Trinajstić information content (AvgIpc) is 2.90.